The van der Waals surface area contributed by atoms with Crippen LogP contribution in [-0.2, 0) is 4.74 Å². The van der Waals surface area contributed by atoms with Gasteiger partial charge in [0.05, 0.1) is 6.10 Å². The maximum atomic E-state index is 5.54. The lowest BCUT2D eigenvalue weighted by atomic mass is 9.80. The summed E-state index contributed by atoms with van der Waals surface area (Å²) >= 11 is 0. The lowest BCUT2D eigenvalue weighted by Crippen LogP contribution is -2.35. The first-order chi connectivity index (χ1) is 8.09. The Balaban J connectivity index is 1.99. The molecule has 2 nitrogen and oxygen atoms in total. The third-order valence-corrected chi connectivity index (χ3v) is 3.92. The fraction of sp³-hybridized carbons (Fsp3) is 1.00. The van der Waals surface area contributed by atoms with Crippen LogP contribution >= 0.6 is 0 Å². The topological polar surface area (TPSA) is 21.3 Å². The number of nitrogens with one attached hydrogen (secondary N) is 1. The summed E-state index contributed by atoms with van der Waals surface area (Å²) in [4.78, 5) is 0. The average Bonchev–Trinajstić information content (AvgIpc) is 2.29. The van der Waals surface area contributed by atoms with Crippen molar-refractivity contribution in [2.45, 2.75) is 71.9 Å². The first-order valence-electron chi connectivity index (χ1n) is 7.44. The van der Waals surface area contributed by atoms with Crippen molar-refractivity contribution < 1.29 is 4.74 Å². The predicted molar refractivity (Wildman–Crippen MR) is 74.3 cm³/mol. The lowest BCUT2D eigenvalue weighted by Gasteiger charge is -2.31. The van der Waals surface area contributed by atoms with Crippen molar-refractivity contribution in [3.05, 3.63) is 0 Å². The van der Waals surface area contributed by atoms with Gasteiger partial charge in [0.2, 0.25) is 0 Å². The summed E-state index contributed by atoms with van der Waals surface area (Å²) in [5.41, 5.74) is 0. The minimum absolute atomic E-state index is 0.372. The highest BCUT2D eigenvalue weighted by atomic mass is 16.5. The van der Waals surface area contributed by atoms with Crippen LogP contribution in [0.5, 0.6) is 0 Å². The van der Waals surface area contributed by atoms with Crippen molar-refractivity contribution in [2.75, 3.05) is 13.2 Å². The molecule has 17 heavy (non-hydrogen) atoms. The highest BCUT2D eigenvalue weighted by Crippen LogP contribution is 2.29. The van der Waals surface area contributed by atoms with Gasteiger partial charge in [0.1, 0.15) is 0 Å². The maximum absolute atomic E-state index is 5.54. The normalized spacial score (nSPS) is 25.8. The molecule has 0 radical (unpaired) electrons. The molecule has 102 valence electrons. The van der Waals surface area contributed by atoms with E-state index in [4.69, 9.17) is 4.74 Å². The molecule has 0 unspecified atom stereocenters. The summed E-state index contributed by atoms with van der Waals surface area (Å²) in [5, 5.41) is 3.67. The summed E-state index contributed by atoms with van der Waals surface area (Å²) < 4.78 is 5.54. The van der Waals surface area contributed by atoms with Crippen molar-refractivity contribution in [3.63, 3.8) is 0 Å². The Labute approximate surface area is 108 Å². The number of rotatable bonds is 7. The second-order valence-corrected chi connectivity index (χ2v) is 6.08. The van der Waals surface area contributed by atoms with Crippen LogP contribution in [-0.4, -0.2) is 25.3 Å². The molecule has 1 aliphatic rings. The molecule has 0 atom stereocenters. The zero-order chi connectivity index (χ0) is 12.7. The molecule has 0 saturated heterocycles. The fourth-order valence-electron chi connectivity index (χ4n) is 2.69. The van der Waals surface area contributed by atoms with Gasteiger partial charge in [-0.05, 0) is 64.3 Å². The Morgan fingerprint density at radius 3 is 2.24 bits per heavy atom. The molecular weight excluding hydrogens is 210 g/mol. The van der Waals surface area contributed by atoms with E-state index in [2.05, 4.69) is 33.0 Å². The molecule has 1 aliphatic carbocycles. The van der Waals surface area contributed by atoms with E-state index in [1.165, 1.54) is 25.7 Å². The Bertz CT molecular complexity index is 183. The smallest absolute Gasteiger partial charge is 0.0518 e. The van der Waals surface area contributed by atoms with Crippen molar-refractivity contribution in [2.24, 2.45) is 11.8 Å². The molecule has 1 fully saturated rings. The maximum Gasteiger partial charge on any atom is 0.0518 e. The summed E-state index contributed by atoms with van der Waals surface area (Å²) in [6, 6.07) is 0.768. The average molecular weight is 241 g/mol. The van der Waals surface area contributed by atoms with Crippen LogP contribution in [0.2, 0.25) is 0 Å². The van der Waals surface area contributed by atoms with E-state index in [0.717, 1.165) is 37.5 Å². The second kappa shape index (κ2) is 8.10. The van der Waals surface area contributed by atoms with E-state index in [0.29, 0.717) is 6.10 Å². The molecule has 1 N–H and O–H groups in total. The molecule has 2 heteroatoms. The Kier molecular flexibility index (Phi) is 7.14. The quantitative estimate of drug-likeness (QED) is 0.688. The first-order valence-corrected chi connectivity index (χ1v) is 7.44. The van der Waals surface area contributed by atoms with Crippen LogP contribution in [0.4, 0.5) is 0 Å². The summed E-state index contributed by atoms with van der Waals surface area (Å²) in [6.07, 6.45) is 7.08. The third-order valence-electron chi connectivity index (χ3n) is 3.92. The Hall–Kier alpha value is -0.0800. The highest BCUT2D eigenvalue weighted by molar-refractivity contribution is 4.78. The van der Waals surface area contributed by atoms with E-state index < -0.39 is 0 Å². The minimum Gasteiger partial charge on any atom is -0.379 e. The second-order valence-electron chi connectivity index (χ2n) is 6.08. The van der Waals surface area contributed by atoms with Gasteiger partial charge in [0.15, 0.2) is 0 Å². The Morgan fingerprint density at radius 2 is 1.71 bits per heavy atom. The van der Waals surface area contributed by atoms with Gasteiger partial charge in [0.25, 0.3) is 0 Å². The highest BCUT2D eigenvalue weighted by Gasteiger charge is 2.22. The SMILES string of the molecule is CC(C)OCCCNC1CCC(C(C)C)CC1. The molecule has 1 saturated carbocycles. The van der Waals surface area contributed by atoms with Crippen molar-refractivity contribution in [1.82, 2.24) is 5.32 Å². The van der Waals surface area contributed by atoms with E-state index in [-0.39, 0.29) is 0 Å². The van der Waals surface area contributed by atoms with E-state index in [1.54, 1.807) is 0 Å². The zero-order valence-electron chi connectivity index (χ0n) is 12.2. The molecule has 0 aliphatic heterocycles. The molecule has 1 rings (SSSR count). The largest absolute Gasteiger partial charge is 0.379 e. The molecule has 0 aromatic heterocycles. The molecule has 0 bridgehead atoms. The fourth-order valence-corrected chi connectivity index (χ4v) is 2.69. The Morgan fingerprint density at radius 1 is 1.06 bits per heavy atom. The summed E-state index contributed by atoms with van der Waals surface area (Å²) in [7, 11) is 0. The summed E-state index contributed by atoms with van der Waals surface area (Å²) in [5.74, 6) is 1.84. The molecule has 0 amide bonds. The van der Waals surface area contributed by atoms with Crippen LogP contribution in [0.15, 0.2) is 0 Å². The van der Waals surface area contributed by atoms with Crippen LogP contribution < -0.4 is 5.32 Å². The van der Waals surface area contributed by atoms with Gasteiger partial charge in [0, 0.05) is 12.6 Å². The molecular formula is C15H31NO. The predicted octanol–water partition coefficient (Wildman–Crippen LogP) is 3.61. The van der Waals surface area contributed by atoms with E-state index in [1.807, 2.05) is 0 Å². The monoisotopic (exact) mass is 241 g/mol. The van der Waals surface area contributed by atoms with Gasteiger partial charge < -0.3 is 10.1 Å². The van der Waals surface area contributed by atoms with Gasteiger partial charge in [-0.25, -0.2) is 0 Å². The first kappa shape index (κ1) is 15.0. The van der Waals surface area contributed by atoms with Crippen LogP contribution in [0.25, 0.3) is 0 Å². The van der Waals surface area contributed by atoms with Crippen LogP contribution in [0.3, 0.4) is 0 Å². The van der Waals surface area contributed by atoms with Crippen molar-refractivity contribution in [1.29, 1.82) is 0 Å². The standard InChI is InChI=1S/C15H31NO/c1-12(2)14-6-8-15(9-7-14)16-10-5-11-17-13(3)4/h12-16H,5-11H2,1-4H3. The lowest BCUT2D eigenvalue weighted by molar-refractivity contribution is 0.0762. The van der Waals surface area contributed by atoms with E-state index >= 15 is 0 Å². The van der Waals surface area contributed by atoms with Crippen LogP contribution in [0, 0.1) is 11.8 Å². The number of ether oxygens (including phenoxy) is 1. The van der Waals surface area contributed by atoms with Gasteiger partial charge in [-0.1, -0.05) is 13.8 Å². The van der Waals surface area contributed by atoms with Crippen LogP contribution in [0.1, 0.15) is 59.8 Å². The van der Waals surface area contributed by atoms with Gasteiger partial charge in [-0.15, -0.1) is 0 Å². The van der Waals surface area contributed by atoms with Crippen molar-refractivity contribution >= 4 is 0 Å². The van der Waals surface area contributed by atoms with Gasteiger partial charge in [-0.3, -0.25) is 0 Å². The minimum atomic E-state index is 0.372. The van der Waals surface area contributed by atoms with Gasteiger partial charge in [-0.2, -0.15) is 0 Å². The molecule has 0 aromatic rings. The number of hydrogen-bond acceptors (Lipinski definition) is 2. The van der Waals surface area contributed by atoms with Gasteiger partial charge >= 0.3 is 0 Å². The molecule has 0 spiro atoms. The van der Waals surface area contributed by atoms with E-state index in [9.17, 15) is 0 Å². The van der Waals surface area contributed by atoms with Crippen molar-refractivity contribution in [3.8, 4) is 0 Å². The number of hydrogen-bond donors (Lipinski definition) is 1. The zero-order valence-corrected chi connectivity index (χ0v) is 12.2. The third kappa shape index (κ3) is 6.42. The molecule has 0 aromatic carbocycles. The molecule has 0 heterocycles. The summed E-state index contributed by atoms with van der Waals surface area (Å²) in [6.45, 7) is 10.9.